The molecule has 4 heterocycles. The number of methoxy groups -OCH3 is 1. The van der Waals surface area contributed by atoms with Gasteiger partial charge in [0.05, 0.1) is 25.0 Å². The van der Waals surface area contributed by atoms with Gasteiger partial charge in [-0.3, -0.25) is 9.48 Å². The van der Waals surface area contributed by atoms with Gasteiger partial charge in [0.2, 0.25) is 0 Å². The largest absolute Gasteiger partial charge is 0.496 e. The Kier molecular flexibility index (Phi) is 5.53. The van der Waals surface area contributed by atoms with Crippen molar-refractivity contribution in [3.8, 4) is 5.75 Å². The van der Waals surface area contributed by atoms with Gasteiger partial charge in [0.25, 0.3) is 11.7 Å². The molecule has 0 N–H and O–H groups in total. The fourth-order valence-electron chi connectivity index (χ4n) is 4.68. The topological polar surface area (TPSA) is 90.4 Å². The number of carbonyl (C=O) groups is 1. The molecule has 5 rings (SSSR count). The number of rotatable bonds is 5. The molecule has 4 aromatic rings. The summed E-state index contributed by atoms with van der Waals surface area (Å²) in [4.78, 5) is 23.9. The molecule has 1 fully saturated rings. The number of fused-ring (bicyclic) bond motifs is 1. The number of amides is 1. The smallest absolute Gasteiger partial charge is 0.253 e. The SMILES string of the molecule is COc1ccc(C(=O)N2CCCC(c3ccnc4ncnn34)C2)cc1Cn1nc(C)cc1C. The van der Waals surface area contributed by atoms with Gasteiger partial charge in [-0.1, -0.05) is 0 Å². The molecule has 1 amide bonds. The van der Waals surface area contributed by atoms with Crippen LogP contribution in [0.25, 0.3) is 5.78 Å². The van der Waals surface area contributed by atoms with Gasteiger partial charge in [-0.15, -0.1) is 0 Å². The third-order valence-electron chi connectivity index (χ3n) is 6.29. The summed E-state index contributed by atoms with van der Waals surface area (Å²) >= 11 is 0. The average molecular weight is 446 g/mol. The number of nitrogens with zero attached hydrogens (tertiary/aromatic N) is 7. The van der Waals surface area contributed by atoms with Crippen LogP contribution >= 0.6 is 0 Å². The van der Waals surface area contributed by atoms with E-state index >= 15 is 0 Å². The summed E-state index contributed by atoms with van der Waals surface area (Å²) in [5, 5.41) is 8.88. The first-order valence-electron chi connectivity index (χ1n) is 11.2. The molecule has 33 heavy (non-hydrogen) atoms. The minimum atomic E-state index is 0.0286. The van der Waals surface area contributed by atoms with Gasteiger partial charge in [0, 0.05) is 42.0 Å². The molecule has 170 valence electrons. The van der Waals surface area contributed by atoms with Crippen LogP contribution < -0.4 is 4.74 Å². The van der Waals surface area contributed by atoms with Crippen molar-refractivity contribution in [1.82, 2.24) is 34.3 Å². The van der Waals surface area contributed by atoms with E-state index in [2.05, 4.69) is 20.2 Å². The molecule has 0 bridgehead atoms. The molecular formula is C24H27N7O2. The maximum absolute atomic E-state index is 13.5. The summed E-state index contributed by atoms with van der Waals surface area (Å²) in [5.74, 6) is 1.55. The number of hydrogen-bond donors (Lipinski definition) is 0. The number of ether oxygens (including phenoxy) is 1. The fraction of sp³-hybridized carbons (Fsp3) is 0.375. The predicted octanol–water partition coefficient (Wildman–Crippen LogP) is 3.01. The van der Waals surface area contributed by atoms with Crippen LogP contribution in [0.4, 0.5) is 0 Å². The number of hydrogen-bond acceptors (Lipinski definition) is 6. The monoisotopic (exact) mass is 445 g/mol. The third kappa shape index (κ3) is 4.06. The van der Waals surface area contributed by atoms with Crippen molar-refractivity contribution in [2.45, 2.75) is 39.2 Å². The Labute approximate surface area is 192 Å². The van der Waals surface area contributed by atoms with Crippen LogP contribution in [0.3, 0.4) is 0 Å². The summed E-state index contributed by atoms with van der Waals surface area (Å²) in [7, 11) is 1.65. The highest BCUT2D eigenvalue weighted by atomic mass is 16.5. The Morgan fingerprint density at radius 2 is 2.06 bits per heavy atom. The minimum Gasteiger partial charge on any atom is -0.496 e. The molecule has 1 aromatic carbocycles. The first kappa shape index (κ1) is 21.1. The second-order valence-electron chi connectivity index (χ2n) is 8.54. The van der Waals surface area contributed by atoms with E-state index in [0.717, 1.165) is 47.8 Å². The van der Waals surface area contributed by atoms with Gasteiger partial charge in [0.15, 0.2) is 0 Å². The highest BCUT2D eigenvalue weighted by Gasteiger charge is 2.28. The zero-order valence-electron chi connectivity index (χ0n) is 19.1. The molecule has 0 spiro atoms. The molecule has 1 atom stereocenters. The van der Waals surface area contributed by atoms with Gasteiger partial charge >= 0.3 is 0 Å². The number of benzene rings is 1. The van der Waals surface area contributed by atoms with E-state index in [4.69, 9.17) is 4.74 Å². The minimum absolute atomic E-state index is 0.0286. The Bertz CT molecular complexity index is 1310. The maximum Gasteiger partial charge on any atom is 0.253 e. The molecule has 1 aliphatic heterocycles. The van der Waals surface area contributed by atoms with Gasteiger partial charge < -0.3 is 9.64 Å². The lowest BCUT2D eigenvalue weighted by atomic mass is 9.94. The average Bonchev–Trinajstić information content (AvgIpc) is 3.44. The van der Waals surface area contributed by atoms with Crippen LogP contribution in [0.5, 0.6) is 5.75 Å². The second kappa shape index (κ2) is 8.65. The predicted molar refractivity (Wildman–Crippen MR) is 122 cm³/mol. The van der Waals surface area contributed by atoms with Crippen LogP contribution in [0, 0.1) is 13.8 Å². The molecule has 1 saturated heterocycles. The number of piperidine rings is 1. The van der Waals surface area contributed by atoms with E-state index in [1.54, 1.807) is 17.8 Å². The van der Waals surface area contributed by atoms with Crippen LogP contribution in [0.15, 0.2) is 42.9 Å². The van der Waals surface area contributed by atoms with Crippen molar-refractivity contribution in [3.05, 3.63) is 71.1 Å². The molecule has 0 saturated carbocycles. The van der Waals surface area contributed by atoms with Crippen molar-refractivity contribution in [2.24, 2.45) is 0 Å². The summed E-state index contributed by atoms with van der Waals surface area (Å²) in [6.45, 7) is 5.92. The van der Waals surface area contributed by atoms with E-state index in [1.165, 1.54) is 6.33 Å². The molecule has 0 aliphatic carbocycles. The first-order chi connectivity index (χ1) is 16.0. The van der Waals surface area contributed by atoms with Crippen molar-refractivity contribution in [2.75, 3.05) is 20.2 Å². The Morgan fingerprint density at radius 3 is 2.85 bits per heavy atom. The quantitative estimate of drug-likeness (QED) is 0.469. The molecule has 9 nitrogen and oxygen atoms in total. The number of aryl methyl sites for hydroxylation is 2. The normalized spacial score (nSPS) is 16.3. The Hall–Kier alpha value is -3.75. The van der Waals surface area contributed by atoms with E-state index in [1.807, 2.05) is 53.8 Å². The highest BCUT2D eigenvalue weighted by Crippen LogP contribution is 2.29. The fourth-order valence-corrected chi connectivity index (χ4v) is 4.68. The lowest BCUT2D eigenvalue weighted by molar-refractivity contribution is 0.0705. The number of likely N-dealkylation sites (tertiary alicyclic amines) is 1. The highest BCUT2D eigenvalue weighted by molar-refractivity contribution is 5.94. The summed E-state index contributed by atoms with van der Waals surface area (Å²) in [6.07, 6.45) is 5.20. The van der Waals surface area contributed by atoms with Crippen molar-refractivity contribution < 1.29 is 9.53 Å². The van der Waals surface area contributed by atoms with Crippen molar-refractivity contribution in [3.63, 3.8) is 0 Å². The molecule has 3 aromatic heterocycles. The second-order valence-corrected chi connectivity index (χ2v) is 8.54. The van der Waals surface area contributed by atoms with Crippen LogP contribution in [0.2, 0.25) is 0 Å². The van der Waals surface area contributed by atoms with Gasteiger partial charge in [-0.25, -0.2) is 9.50 Å². The van der Waals surface area contributed by atoms with Gasteiger partial charge in [-0.05, 0) is 57.0 Å². The Morgan fingerprint density at radius 1 is 1.18 bits per heavy atom. The van der Waals surface area contributed by atoms with E-state index in [9.17, 15) is 4.79 Å². The Balaban J connectivity index is 1.39. The number of carbonyl (C=O) groups excluding carboxylic acids is 1. The lowest BCUT2D eigenvalue weighted by Crippen LogP contribution is -2.39. The molecule has 1 unspecified atom stereocenters. The molecule has 1 aliphatic rings. The number of aromatic nitrogens is 6. The lowest BCUT2D eigenvalue weighted by Gasteiger charge is -2.33. The maximum atomic E-state index is 13.5. The molecular weight excluding hydrogens is 418 g/mol. The van der Waals surface area contributed by atoms with Crippen LogP contribution in [-0.4, -0.2) is 60.4 Å². The molecule has 9 heteroatoms. The van der Waals surface area contributed by atoms with Gasteiger partial charge in [-0.2, -0.15) is 15.2 Å². The van der Waals surface area contributed by atoms with E-state index in [0.29, 0.717) is 24.4 Å². The zero-order valence-corrected chi connectivity index (χ0v) is 19.1. The van der Waals surface area contributed by atoms with Crippen LogP contribution in [-0.2, 0) is 6.54 Å². The summed E-state index contributed by atoms with van der Waals surface area (Å²) in [6, 6.07) is 9.67. The first-order valence-corrected chi connectivity index (χ1v) is 11.2. The van der Waals surface area contributed by atoms with Gasteiger partial charge in [0.1, 0.15) is 12.1 Å². The standard InChI is InChI=1S/C24H27N7O2/c1-16-11-17(2)30(28-16)14-20-12-18(6-7-22(20)33-3)23(32)29-10-4-5-19(13-29)21-8-9-25-24-26-15-27-31(21)24/h6-9,11-12,15,19H,4-5,10,13-14H2,1-3H3. The zero-order chi connectivity index (χ0) is 22.9. The van der Waals surface area contributed by atoms with Crippen LogP contribution in [0.1, 0.15) is 51.8 Å². The van der Waals surface area contributed by atoms with Crippen molar-refractivity contribution >= 4 is 11.7 Å². The summed E-state index contributed by atoms with van der Waals surface area (Å²) < 4.78 is 9.28. The van der Waals surface area contributed by atoms with E-state index in [-0.39, 0.29) is 11.8 Å². The molecule has 0 radical (unpaired) electrons. The van der Waals surface area contributed by atoms with Crippen molar-refractivity contribution in [1.29, 1.82) is 0 Å². The van der Waals surface area contributed by atoms with E-state index < -0.39 is 0 Å². The third-order valence-corrected chi connectivity index (χ3v) is 6.29. The summed E-state index contributed by atoms with van der Waals surface area (Å²) in [5.41, 5.74) is 4.67.